The first-order valence-corrected chi connectivity index (χ1v) is 6.78. The fourth-order valence-corrected chi connectivity index (χ4v) is 2.52. The van der Waals surface area contributed by atoms with E-state index in [1.807, 2.05) is 45.0 Å². The number of para-hydroxylation sites is 1. The molecule has 4 nitrogen and oxygen atoms in total. The monoisotopic (exact) mass is 262 g/mol. The van der Waals surface area contributed by atoms with E-state index in [4.69, 9.17) is 4.74 Å². The van der Waals surface area contributed by atoms with Crippen LogP contribution < -0.4 is 5.32 Å². The van der Waals surface area contributed by atoms with E-state index < -0.39 is 0 Å². The molecule has 0 spiro atoms. The molecule has 0 aliphatic carbocycles. The van der Waals surface area contributed by atoms with Gasteiger partial charge in [0.25, 0.3) is 0 Å². The Morgan fingerprint density at radius 2 is 1.95 bits per heavy atom. The predicted octanol–water partition coefficient (Wildman–Crippen LogP) is 2.04. The zero-order chi connectivity index (χ0) is 13.8. The van der Waals surface area contributed by atoms with Crippen molar-refractivity contribution in [3.63, 3.8) is 0 Å². The molecule has 1 fully saturated rings. The van der Waals surface area contributed by atoms with E-state index >= 15 is 0 Å². The van der Waals surface area contributed by atoms with Gasteiger partial charge in [0.1, 0.15) is 0 Å². The molecule has 1 aliphatic heterocycles. The number of amides is 1. The van der Waals surface area contributed by atoms with Crippen molar-refractivity contribution in [3.05, 3.63) is 29.8 Å². The van der Waals surface area contributed by atoms with Crippen LogP contribution in [0.1, 0.15) is 19.4 Å². The normalized spacial score (nSPS) is 24.2. The van der Waals surface area contributed by atoms with E-state index in [2.05, 4.69) is 10.2 Å². The molecule has 0 bridgehead atoms. The van der Waals surface area contributed by atoms with Crippen LogP contribution in [0.3, 0.4) is 0 Å². The Bertz CT molecular complexity index is 438. The SMILES string of the molecule is Cc1ccccc1NC(=O)CN1CC(C)OC(C)C1. The lowest BCUT2D eigenvalue weighted by Crippen LogP contribution is -2.48. The van der Waals surface area contributed by atoms with Crippen LogP contribution >= 0.6 is 0 Å². The van der Waals surface area contributed by atoms with Gasteiger partial charge >= 0.3 is 0 Å². The van der Waals surface area contributed by atoms with Crippen LogP contribution in [0.5, 0.6) is 0 Å². The van der Waals surface area contributed by atoms with Crippen molar-refractivity contribution in [2.45, 2.75) is 33.0 Å². The number of nitrogens with one attached hydrogen (secondary N) is 1. The Balaban J connectivity index is 1.89. The Morgan fingerprint density at radius 3 is 2.58 bits per heavy atom. The van der Waals surface area contributed by atoms with Crippen LogP contribution in [0.4, 0.5) is 5.69 Å². The molecule has 0 aromatic heterocycles. The molecule has 1 amide bonds. The number of ether oxygens (including phenoxy) is 1. The highest BCUT2D eigenvalue weighted by Crippen LogP contribution is 2.14. The van der Waals surface area contributed by atoms with E-state index in [9.17, 15) is 4.79 Å². The molecular weight excluding hydrogens is 240 g/mol. The van der Waals surface area contributed by atoms with Crippen LogP contribution in [0.25, 0.3) is 0 Å². The van der Waals surface area contributed by atoms with Gasteiger partial charge in [0, 0.05) is 18.8 Å². The van der Waals surface area contributed by atoms with Gasteiger partial charge in [-0.3, -0.25) is 9.69 Å². The molecule has 2 unspecified atom stereocenters. The number of morpholine rings is 1. The quantitative estimate of drug-likeness (QED) is 0.906. The lowest BCUT2D eigenvalue weighted by Gasteiger charge is -2.34. The molecule has 1 aliphatic rings. The minimum Gasteiger partial charge on any atom is -0.373 e. The van der Waals surface area contributed by atoms with Gasteiger partial charge in [-0.15, -0.1) is 0 Å². The number of nitrogens with zero attached hydrogens (tertiary/aromatic N) is 1. The van der Waals surface area contributed by atoms with Gasteiger partial charge in [0.15, 0.2) is 0 Å². The highest BCUT2D eigenvalue weighted by Gasteiger charge is 2.23. The van der Waals surface area contributed by atoms with Crippen LogP contribution in [-0.2, 0) is 9.53 Å². The second-order valence-corrected chi connectivity index (χ2v) is 5.31. The highest BCUT2D eigenvalue weighted by molar-refractivity contribution is 5.92. The number of rotatable bonds is 3. The molecule has 1 aromatic rings. The second-order valence-electron chi connectivity index (χ2n) is 5.31. The van der Waals surface area contributed by atoms with E-state index in [-0.39, 0.29) is 18.1 Å². The molecular formula is C15H22N2O2. The fraction of sp³-hybridized carbons (Fsp3) is 0.533. The van der Waals surface area contributed by atoms with Gasteiger partial charge in [-0.2, -0.15) is 0 Å². The van der Waals surface area contributed by atoms with Gasteiger partial charge in [-0.05, 0) is 32.4 Å². The first kappa shape index (κ1) is 14.0. The van der Waals surface area contributed by atoms with E-state index in [0.717, 1.165) is 24.3 Å². The predicted molar refractivity (Wildman–Crippen MR) is 76.3 cm³/mol. The Kier molecular flexibility index (Phi) is 4.56. The molecule has 1 aromatic carbocycles. The molecule has 104 valence electrons. The number of aryl methyl sites for hydroxylation is 1. The van der Waals surface area contributed by atoms with Gasteiger partial charge < -0.3 is 10.1 Å². The van der Waals surface area contributed by atoms with Gasteiger partial charge in [0.05, 0.1) is 18.8 Å². The number of benzene rings is 1. The maximum atomic E-state index is 12.1. The molecule has 1 heterocycles. The van der Waals surface area contributed by atoms with E-state index in [0.29, 0.717) is 6.54 Å². The van der Waals surface area contributed by atoms with E-state index in [1.165, 1.54) is 0 Å². The third-order valence-corrected chi connectivity index (χ3v) is 3.28. The summed E-state index contributed by atoms with van der Waals surface area (Å²) in [6, 6.07) is 7.82. The summed E-state index contributed by atoms with van der Waals surface area (Å²) in [5.41, 5.74) is 1.97. The molecule has 1 saturated heterocycles. The first-order valence-electron chi connectivity index (χ1n) is 6.78. The van der Waals surface area contributed by atoms with E-state index in [1.54, 1.807) is 0 Å². The Morgan fingerprint density at radius 1 is 1.32 bits per heavy atom. The summed E-state index contributed by atoms with van der Waals surface area (Å²) in [4.78, 5) is 14.2. The standard InChI is InChI=1S/C15H22N2O2/c1-11-6-4-5-7-14(11)16-15(18)10-17-8-12(2)19-13(3)9-17/h4-7,12-13H,8-10H2,1-3H3,(H,16,18). The van der Waals surface area contributed by atoms with Crippen molar-refractivity contribution in [2.24, 2.45) is 0 Å². The van der Waals surface area contributed by atoms with Crippen molar-refractivity contribution in [1.29, 1.82) is 0 Å². The molecule has 1 N–H and O–H groups in total. The highest BCUT2D eigenvalue weighted by atomic mass is 16.5. The van der Waals surface area contributed by atoms with Crippen molar-refractivity contribution in [1.82, 2.24) is 4.90 Å². The molecule has 4 heteroatoms. The van der Waals surface area contributed by atoms with Crippen LogP contribution in [-0.4, -0.2) is 42.6 Å². The molecule has 2 rings (SSSR count). The van der Waals surface area contributed by atoms with Crippen LogP contribution in [0.15, 0.2) is 24.3 Å². The number of hydrogen-bond donors (Lipinski definition) is 1. The third-order valence-electron chi connectivity index (χ3n) is 3.28. The smallest absolute Gasteiger partial charge is 0.238 e. The molecule has 0 saturated carbocycles. The topological polar surface area (TPSA) is 41.6 Å². The average molecular weight is 262 g/mol. The van der Waals surface area contributed by atoms with Crippen molar-refractivity contribution in [2.75, 3.05) is 25.0 Å². The lowest BCUT2D eigenvalue weighted by molar-refractivity contribution is -0.121. The summed E-state index contributed by atoms with van der Waals surface area (Å²) in [7, 11) is 0. The molecule has 0 radical (unpaired) electrons. The lowest BCUT2D eigenvalue weighted by atomic mass is 10.2. The number of carbonyl (C=O) groups is 1. The minimum atomic E-state index is 0.0376. The summed E-state index contributed by atoms with van der Waals surface area (Å²) in [6.07, 6.45) is 0.380. The second kappa shape index (κ2) is 6.17. The van der Waals surface area contributed by atoms with Gasteiger partial charge in [-0.1, -0.05) is 18.2 Å². The first-order chi connectivity index (χ1) is 9.04. The van der Waals surface area contributed by atoms with Gasteiger partial charge in [0.2, 0.25) is 5.91 Å². The number of anilines is 1. The van der Waals surface area contributed by atoms with Crippen molar-refractivity contribution < 1.29 is 9.53 Å². The van der Waals surface area contributed by atoms with Crippen LogP contribution in [0, 0.1) is 6.92 Å². The van der Waals surface area contributed by atoms with Gasteiger partial charge in [-0.25, -0.2) is 0 Å². The summed E-state index contributed by atoms with van der Waals surface area (Å²) >= 11 is 0. The fourth-order valence-electron chi connectivity index (χ4n) is 2.52. The minimum absolute atomic E-state index is 0.0376. The number of hydrogen-bond acceptors (Lipinski definition) is 3. The molecule has 2 atom stereocenters. The summed E-state index contributed by atoms with van der Waals surface area (Å²) in [5, 5.41) is 2.97. The Hall–Kier alpha value is -1.39. The Labute approximate surface area is 114 Å². The third kappa shape index (κ3) is 4.04. The van der Waals surface area contributed by atoms with Crippen molar-refractivity contribution >= 4 is 11.6 Å². The largest absolute Gasteiger partial charge is 0.373 e. The zero-order valence-electron chi connectivity index (χ0n) is 11.8. The van der Waals surface area contributed by atoms with Crippen LogP contribution in [0.2, 0.25) is 0 Å². The summed E-state index contributed by atoms with van der Waals surface area (Å²) in [6.45, 7) is 8.13. The number of carbonyl (C=O) groups excluding carboxylic acids is 1. The maximum absolute atomic E-state index is 12.1. The maximum Gasteiger partial charge on any atom is 0.238 e. The summed E-state index contributed by atoms with van der Waals surface area (Å²) in [5.74, 6) is 0.0376. The zero-order valence-corrected chi connectivity index (χ0v) is 11.8. The summed E-state index contributed by atoms with van der Waals surface area (Å²) < 4.78 is 5.66. The van der Waals surface area contributed by atoms with Crippen molar-refractivity contribution in [3.8, 4) is 0 Å². The molecule has 19 heavy (non-hydrogen) atoms. The average Bonchev–Trinajstić information content (AvgIpc) is 2.30.